The van der Waals surface area contributed by atoms with Crippen molar-refractivity contribution in [1.82, 2.24) is 9.88 Å². The van der Waals surface area contributed by atoms with Crippen molar-refractivity contribution in [2.75, 3.05) is 13.2 Å². The van der Waals surface area contributed by atoms with Crippen LogP contribution >= 0.6 is 0 Å². The molecule has 2 atom stereocenters. The van der Waals surface area contributed by atoms with Gasteiger partial charge < -0.3 is 15.4 Å². The fourth-order valence-electron chi connectivity index (χ4n) is 2.72. The van der Waals surface area contributed by atoms with Gasteiger partial charge in [-0.05, 0) is 37.3 Å². The zero-order valence-electron chi connectivity index (χ0n) is 12.4. The molecule has 1 aromatic heterocycles. The molecule has 0 spiro atoms. The maximum Gasteiger partial charge on any atom is 0.312 e. The molecule has 1 fully saturated rings. The van der Waals surface area contributed by atoms with Gasteiger partial charge in [-0.1, -0.05) is 6.92 Å². The van der Waals surface area contributed by atoms with E-state index in [-0.39, 0.29) is 6.04 Å². The molecule has 6 nitrogen and oxygen atoms in total. The lowest BCUT2D eigenvalue weighted by atomic mass is 9.90. The lowest BCUT2D eigenvalue weighted by Gasteiger charge is -2.38. The first-order valence-electron chi connectivity index (χ1n) is 7.22. The van der Waals surface area contributed by atoms with Gasteiger partial charge >= 0.3 is 11.8 Å². The third-order valence-corrected chi connectivity index (χ3v) is 3.73. The number of amides is 2. The van der Waals surface area contributed by atoms with E-state index in [0.717, 1.165) is 18.4 Å². The number of likely N-dealkylation sites (tertiary alicyclic amines) is 1. The Balaban J connectivity index is 2.28. The predicted molar refractivity (Wildman–Crippen MR) is 77.5 cm³/mol. The van der Waals surface area contributed by atoms with Crippen molar-refractivity contribution in [2.45, 2.75) is 32.7 Å². The number of primary amides is 1. The summed E-state index contributed by atoms with van der Waals surface area (Å²) < 4.78 is 5.40. The van der Waals surface area contributed by atoms with Crippen molar-refractivity contribution >= 4 is 11.8 Å². The maximum absolute atomic E-state index is 12.0. The summed E-state index contributed by atoms with van der Waals surface area (Å²) in [6, 6.07) is 3.53. The Morgan fingerprint density at radius 1 is 1.48 bits per heavy atom. The van der Waals surface area contributed by atoms with Gasteiger partial charge in [0.05, 0.1) is 12.6 Å². The van der Waals surface area contributed by atoms with E-state index in [0.29, 0.717) is 24.9 Å². The minimum atomic E-state index is -0.909. The lowest BCUT2D eigenvalue weighted by Crippen LogP contribution is -2.46. The van der Waals surface area contributed by atoms with Crippen LogP contribution in [0.1, 0.15) is 38.3 Å². The highest BCUT2D eigenvalue weighted by Gasteiger charge is 2.33. The van der Waals surface area contributed by atoms with Crippen LogP contribution in [0.5, 0.6) is 5.88 Å². The molecule has 1 saturated heterocycles. The van der Waals surface area contributed by atoms with Crippen LogP contribution in [0.2, 0.25) is 0 Å². The quantitative estimate of drug-likeness (QED) is 0.850. The Labute approximate surface area is 124 Å². The highest BCUT2D eigenvalue weighted by Crippen LogP contribution is 2.34. The first-order valence-corrected chi connectivity index (χ1v) is 7.22. The van der Waals surface area contributed by atoms with Crippen LogP contribution in [-0.2, 0) is 9.59 Å². The molecule has 0 saturated carbocycles. The number of nitrogens with zero attached hydrogens (tertiary/aromatic N) is 2. The molecule has 1 aromatic rings. The van der Waals surface area contributed by atoms with E-state index >= 15 is 0 Å². The number of hydrogen-bond donors (Lipinski definition) is 1. The summed E-state index contributed by atoms with van der Waals surface area (Å²) in [7, 11) is 0. The molecule has 2 heterocycles. The summed E-state index contributed by atoms with van der Waals surface area (Å²) in [4.78, 5) is 29.0. The molecular weight excluding hydrogens is 270 g/mol. The first-order chi connectivity index (χ1) is 10.0. The number of hydrogen-bond acceptors (Lipinski definition) is 4. The van der Waals surface area contributed by atoms with Gasteiger partial charge in [0.1, 0.15) is 0 Å². The van der Waals surface area contributed by atoms with Gasteiger partial charge in [0, 0.05) is 18.8 Å². The monoisotopic (exact) mass is 291 g/mol. The van der Waals surface area contributed by atoms with E-state index in [9.17, 15) is 9.59 Å². The van der Waals surface area contributed by atoms with Gasteiger partial charge in [-0.2, -0.15) is 0 Å². The minimum absolute atomic E-state index is 0.150. The van der Waals surface area contributed by atoms with E-state index in [1.54, 1.807) is 11.1 Å². The van der Waals surface area contributed by atoms with Crippen molar-refractivity contribution in [3.63, 3.8) is 0 Å². The Morgan fingerprint density at radius 3 is 2.90 bits per heavy atom. The number of piperidine rings is 1. The van der Waals surface area contributed by atoms with Crippen LogP contribution in [0.3, 0.4) is 0 Å². The van der Waals surface area contributed by atoms with Gasteiger partial charge in [-0.25, -0.2) is 4.98 Å². The maximum atomic E-state index is 12.0. The van der Waals surface area contributed by atoms with Gasteiger partial charge in [-0.3, -0.25) is 9.59 Å². The molecule has 2 rings (SSSR count). The number of nitrogens with two attached hydrogens (primary N) is 1. The average molecular weight is 291 g/mol. The SMILES string of the molecule is CCOc1cc([C@H]2CC[C@H](C)CN2C(=O)C(N)=O)ccn1. The molecule has 0 bridgehead atoms. The van der Waals surface area contributed by atoms with Crippen molar-refractivity contribution in [3.8, 4) is 5.88 Å². The topological polar surface area (TPSA) is 85.5 Å². The van der Waals surface area contributed by atoms with E-state index in [1.165, 1.54) is 0 Å². The van der Waals surface area contributed by atoms with Crippen molar-refractivity contribution in [3.05, 3.63) is 23.9 Å². The molecule has 1 aliphatic rings. The standard InChI is InChI=1S/C15H21N3O3/c1-3-21-13-8-11(6-7-17-13)12-5-4-10(2)9-18(12)15(20)14(16)19/h6-8,10,12H,3-5,9H2,1-2H3,(H2,16,19)/t10-,12+/m0/s1. The Bertz CT molecular complexity index is 533. The molecule has 0 radical (unpaired) electrons. The van der Waals surface area contributed by atoms with Gasteiger partial charge in [0.2, 0.25) is 5.88 Å². The molecule has 0 aliphatic carbocycles. The predicted octanol–water partition coefficient (Wildman–Crippen LogP) is 1.27. The van der Waals surface area contributed by atoms with Crippen LogP contribution in [0.25, 0.3) is 0 Å². The summed E-state index contributed by atoms with van der Waals surface area (Å²) in [5.41, 5.74) is 6.09. The second-order valence-electron chi connectivity index (χ2n) is 5.38. The number of carbonyl (C=O) groups excluding carboxylic acids is 2. The van der Waals surface area contributed by atoms with Crippen molar-refractivity contribution < 1.29 is 14.3 Å². The fraction of sp³-hybridized carbons (Fsp3) is 0.533. The number of pyridine rings is 1. The van der Waals surface area contributed by atoms with Gasteiger partial charge in [-0.15, -0.1) is 0 Å². The third kappa shape index (κ3) is 3.51. The minimum Gasteiger partial charge on any atom is -0.478 e. The molecule has 21 heavy (non-hydrogen) atoms. The summed E-state index contributed by atoms with van der Waals surface area (Å²) >= 11 is 0. The largest absolute Gasteiger partial charge is 0.478 e. The molecule has 2 N–H and O–H groups in total. The highest BCUT2D eigenvalue weighted by molar-refractivity contribution is 6.34. The molecular formula is C15H21N3O3. The van der Waals surface area contributed by atoms with E-state index < -0.39 is 11.8 Å². The van der Waals surface area contributed by atoms with Crippen molar-refractivity contribution in [2.24, 2.45) is 11.7 Å². The normalized spacial score (nSPS) is 21.9. The average Bonchev–Trinajstić information content (AvgIpc) is 2.47. The van der Waals surface area contributed by atoms with Gasteiger partial charge in [0.15, 0.2) is 0 Å². The second kappa shape index (κ2) is 6.56. The van der Waals surface area contributed by atoms with Gasteiger partial charge in [0.25, 0.3) is 0 Å². The number of rotatable bonds is 3. The summed E-state index contributed by atoms with van der Waals surface area (Å²) in [6.07, 6.45) is 3.46. The smallest absolute Gasteiger partial charge is 0.312 e. The lowest BCUT2D eigenvalue weighted by molar-refractivity contribution is -0.147. The molecule has 114 valence electrons. The number of aromatic nitrogens is 1. The Morgan fingerprint density at radius 2 is 2.24 bits per heavy atom. The molecule has 6 heteroatoms. The first kappa shape index (κ1) is 15.3. The summed E-state index contributed by atoms with van der Waals surface area (Å²) in [5, 5.41) is 0. The number of carbonyl (C=O) groups is 2. The van der Waals surface area contributed by atoms with Crippen LogP contribution in [-0.4, -0.2) is 34.8 Å². The van der Waals surface area contributed by atoms with Crippen LogP contribution < -0.4 is 10.5 Å². The Hall–Kier alpha value is -2.11. The zero-order valence-corrected chi connectivity index (χ0v) is 12.4. The Kier molecular flexibility index (Phi) is 4.77. The highest BCUT2D eigenvalue weighted by atomic mass is 16.5. The molecule has 0 aromatic carbocycles. The number of ether oxygens (including phenoxy) is 1. The van der Waals surface area contributed by atoms with E-state index in [4.69, 9.17) is 10.5 Å². The van der Waals surface area contributed by atoms with E-state index in [1.807, 2.05) is 19.1 Å². The van der Waals surface area contributed by atoms with Crippen LogP contribution in [0.15, 0.2) is 18.3 Å². The molecule has 1 aliphatic heterocycles. The third-order valence-electron chi connectivity index (χ3n) is 3.73. The second-order valence-corrected chi connectivity index (χ2v) is 5.38. The molecule has 2 amide bonds. The summed E-state index contributed by atoms with van der Waals surface area (Å²) in [5.74, 6) is -0.646. The fourth-order valence-corrected chi connectivity index (χ4v) is 2.72. The van der Waals surface area contributed by atoms with Crippen molar-refractivity contribution in [1.29, 1.82) is 0 Å². The van der Waals surface area contributed by atoms with Crippen LogP contribution in [0, 0.1) is 5.92 Å². The zero-order chi connectivity index (χ0) is 15.4. The summed E-state index contributed by atoms with van der Waals surface area (Å²) in [6.45, 7) is 5.02. The van der Waals surface area contributed by atoms with Crippen LogP contribution in [0.4, 0.5) is 0 Å². The van der Waals surface area contributed by atoms with E-state index in [2.05, 4.69) is 11.9 Å². The molecule has 0 unspecified atom stereocenters.